The normalized spacial score (nSPS) is 18.2. The first kappa shape index (κ1) is 19.6. The standard InChI is InChI=1S/C18H24N4O4/c1-12(13-5-7-14(8-6-13)18(2,3)4)19-20-16-10-9-15(21(23)24)11-17(16)22(25)26/h5,9-11,14,20H,6-8H2,1-4H3/b19-12-/t14-/m0/s1. The minimum absolute atomic E-state index is 0.129. The molecule has 26 heavy (non-hydrogen) atoms. The second-order valence-electron chi connectivity index (χ2n) is 7.59. The van der Waals surface area contributed by atoms with Gasteiger partial charge in [-0.25, -0.2) is 0 Å². The van der Waals surface area contributed by atoms with E-state index in [0.29, 0.717) is 5.92 Å². The van der Waals surface area contributed by atoms with Gasteiger partial charge in [-0.15, -0.1) is 0 Å². The molecule has 0 unspecified atom stereocenters. The number of non-ortho nitro benzene ring substituents is 1. The lowest BCUT2D eigenvalue weighted by Crippen LogP contribution is -2.23. The molecule has 0 aromatic heterocycles. The molecule has 1 aliphatic rings. The van der Waals surface area contributed by atoms with Crippen molar-refractivity contribution in [1.82, 2.24) is 0 Å². The van der Waals surface area contributed by atoms with E-state index in [-0.39, 0.29) is 22.5 Å². The Balaban J connectivity index is 2.16. The Morgan fingerprint density at radius 2 is 1.92 bits per heavy atom. The summed E-state index contributed by atoms with van der Waals surface area (Å²) in [6.07, 6.45) is 5.18. The summed E-state index contributed by atoms with van der Waals surface area (Å²) in [4.78, 5) is 20.6. The van der Waals surface area contributed by atoms with E-state index < -0.39 is 9.85 Å². The Hall–Kier alpha value is -2.77. The van der Waals surface area contributed by atoms with Crippen LogP contribution in [0.4, 0.5) is 17.1 Å². The average Bonchev–Trinajstić information content (AvgIpc) is 2.58. The quantitative estimate of drug-likeness (QED) is 0.448. The number of hydrogen-bond acceptors (Lipinski definition) is 6. The first-order valence-corrected chi connectivity index (χ1v) is 8.52. The molecule has 0 radical (unpaired) electrons. The molecule has 0 bridgehead atoms. The van der Waals surface area contributed by atoms with E-state index in [1.54, 1.807) is 0 Å². The largest absolute Gasteiger partial charge is 0.301 e. The molecule has 140 valence electrons. The van der Waals surface area contributed by atoms with Gasteiger partial charge in [0.25, 0.3) is 5.69 Å². The molecule has 1 aromatic rings. The van der Waals surface area contributed by atoms with E-state index in [1.807, 2.05) is 6.92 Å². The number of nitro benzene ring substituents is 2. The fraction of sp³-hybridized carbons (Fsp3) is 0.500. The summed E-state index contributed by atoms with van der Waals surface area (Å²) in [6.45, 7) is 8.58. The number of allylic oxidation sites excluding steroid dienone is 2. The molecule has 0 amide bonds. The van der Waals surface area contributed by atoms with Crippen LogP contribution in [0.3, 0.4) is 0 Å². The predicted molar refractivity (Wildman–Crippen MR) is 101 cm³/mol. The van der Waals surface area contributed by atoms with Gasteiger partial charge in [-0.2, -0.15) is 5.10 Å². The molecule has 1 atom stereocenters. The highest BCUT2D eigenvalue weighted by atomic mass is 16.6. The lowest BCUT2D eigenvalue weighted by atomic mass is 9.73. The van der Waals surface area contributed by atoms with E-state index in [4.69, 9.17) is 0 Å². The van der Waals surface area contributed by atoms with Crippen molar-refractivity contribution >= 4 is 22.8 Å². The highest BCUT2D eigenvalue weighted by Crippen LogP contribution is 2.37. The lowest BCUT2D eigenvalue weighted by molar-refractivity contribution is -0.393. The van der Waals surface area contributed by atoms with Crippen molar-refractivity contribution in [3.63, 3.8) is 0 Å². The van der Waals surface area contributed by atoms with Crippen LogP contribution in [0.1, 0.15) is 47.0 Å². The highest BCUT2D eigenvalue weighted by Gasteiger charge is 2.26. The summed E-state index contributed by atoms with van der Waals surface area (Å²) in [5, 5.41) is 26.2. The van der Waals surface area contributed by atoms with Crippen molar-refractivity contribution in [1.29, 1.82) is 0 Å². The van der Waals surface area contributed by atoms with Crippen LogP contribution >= 0.6 is 0 Å². The predicted octanol–water partition coefficient (Wildman–Crippen LogP) is 5.06. The number of hydrogen-bond donors (Lipinski definition) is 1. The van der Waals surface area contributed by atoms with Gasteiger partial charge in [0.05, 0.1) is 21.6 Å². The zero-order chi connectivity index (χ0) is 19.5. The van der Waals surface area contributed by atoms with Crippen molar-refractivity contribution < 1.29 is 9.85 Å². The fourth-order valence-corrected chi connectivity index (χ4v) is 3.04. The van der Waals surface area contributed by atoms with E-state index in [2.05, 4.69) is 37.4 Å². The monoisotopic (exact) mass is 360 g/mol. The molecule has 0 saturated heterocycles. The van der Waals surface area contributed by atoms with Gasteiger partial charge in [0, 0.05) is 6.07 Å². The SMILES string of the molecule is C/C(=N/Nc1ccc([N+](=O)[O-])cc1[N+](=O)[O-])C1=CC[C@H](C(C)(C)C)CC1. The number of nitrogens with one attached hydrogen (secondary N) is 1. The number of anilines is 1. The van der Waals surface area contributed by atoms with Crippen LogP contribution in [-0.2, 0) is 0 Å². The van der Waals surface area contributed by atoms with E-state index >= 15 is 0 Å². The molecule has 2 rings (SSSR count). The second-order valence-corrected chi connectivity index (χ2v) is 7.59. The topological polar surface area (TPSA) is 111 Å². The van der Waals surface area contributed by atoms with Crippen molar-refractivity contribution in [3.05, 3.63) is 50.1 Å². The summed E-state index contributed by atoms with van der Waals surface area (Å²) < 4.78 is 0. The third kappa shape index (κ3) is 4.65. The third-order valence-corrected chi connectivity index (χ3v) is 4.83. The number of nitro groups is 2. The Bertz CT molecular complexity index is 778. The zero-order valence-corrected chi connectivity index (χ0v) is 15.5. The van der Waals surface area contributed by atoms with Crippen molar-refractivity contribution in [2.24, 2.45) is 16.4 Å². The van der Waals surface area contributed by atoms with Gasteiger partial charge in [0.2, 0.25) is 0 Å². The fourth-order valence-electron chi connectivity index (χ4n) is 3.04. The maximum atomic E-state index is 11.2. The lowest BCUT2D eigenvalue weighted by Gasteiger charge is -2.33. The van der Waals surface area contributed by atoms with Crippen molar-refractivity contribution in [2.75, 3.05) is 5.43 Å². The Morgan fingerprint density at radius 1 is 1.23 bits per heavy atom. The first-order chi connectivity index (χ1) is 12.1. The van der Waals surface area contributed by atoms with Gasteiger partial charge in [-0.1, -0.05) is 26.8 Å². The van der Waals surface area contributed by atoms with Gasteiger partial charge in [0.15, 0.2) is 0 Å². The Kier molecular flexibility index (Phi) is 5.74. The molecule has 0 aliphatic heterocycles. The Morgan fingerprint density at radius 3 is 2.42 bits per heavy atom. The van der Waals surface area contributed by atoms with Crippen LogP contribution in [0.15, 0.2) is 34.9 Å². The summed E-state index contributed by atoms with van der Waals surface area (Å²) in [6, 6.07) is 3.45. The molecule has 0 fully saturated rings. The summed E-state index contributed by atoms with van der Waals surface area (Å²) >= 11 is 0. The molecule has 0 spiro atoms. The molecule has 1 aromatic carbocycles. The van der Waals surface area contributed by atoms with E-state index in [9.17, 15) is 20.2 Å². The van der Waals surface area contributed by atoms with Crippen LogP contribution in [0.2, 0.25) is 0 Å². The van der Waals surface area contributed by atoms with Gasteiger partial charge in [0.1, 0.15) is 5.69 Å². The number of nitrogens with zero attached hydrogens (tertiary/aromatic N) is 3. The molecular weight excluding hydrogens is 336 g/mol. The van der Waals surface area contributed by atoms with Crippen LogP contribution < -0.4 is 5.43 Å². The van der Waals surface area contributed by atoms with Gasteiger partial charge in [-0.3, -0.25) is 25.7 Å². The van der Waals surface area contributed by atoms with Crippen LogP contribution in [0, 0.1) is 31.6 Å². The maximum absolute atomic E-state index is 11.2. The minimum atomic E-state index is -0.663. The number of benzene rings is 1. The average molecular weight is 360 g/mol. The molecule has 0 saturated carbocycles. The van der Waals surface area contributed by atoms with Crippen LogP contribution in [-0.4, -0.2) is 15.6 Å². The first-order valence-electron chi connectivity index (χ1n) is 8.52. The molecule has 1 aliphatic carbocycles. The van der Waals surface area contributed by atoms with Gasteiger partial charge in [-0.05, 0) is 49.2 Å². The Labute approximate surface area is 152 Å². The number of rotatable bonds is 5. The summed E-state index contributed by atoms with van der Waals surface area (Å²) in [5.74, 6) is 0.628. The molecule has 8 nitrogen and oxygen atoms in total. The molecular formula is C18H24N4O4. The van der Waals surface area contributed by atoms with Gasteiger partial charge >= 0.3 is 5.69 Å². The van der Waals surface area contributed by atoms with Gasteiger partial charge < -0.3 is 0 Å². The molecule has 0 heterocycles. The second kappa shape index (κ2) is 7.63. The summed E-state index contributed by atoms with van der Waals surface area (Å²) in [5.41, 5.74) is 4.27. The van der Waals surface area contributed by atoms with E-state index in [0.717, 1.165) is 36.6 Å². The highest BCUT2D eigenvalue weighted by molar-refractivity contribution is 5.98. The smallest absolute Gasteiger partial charge is 0.271 e. The van der Waals surface area contributed by atoms with E-state index in [1.165, 1.54) is 12.1 Å². The summed E-state index contributed by atoms with van der Waals surface area (Å²) in [7, 11) is 0. The van der Waals surface area contributed by atoms with Crippen molar-refractivity contribution in [3.8, 4) is 0 Å². The van der Waals surface area contributed by atoms with Crippen LogP contribution in [0.25, 0.3) is 0 Å². The molecule has 1 N–H and O–H groups in total. The van der Waals surface area contributed by atoms with Crippen molar-refractivity contribution in [2.45, 2.75) is 47.0 Å². The molecule has 8 heteroatoms. The van der Waals surface area contributed by atoms with Crippen LogP contribution in [0.5, 0.6) is 0 Å². The number of hydrazone groups is 1. The minimum Gasteiger partial charge on any atom is -0.271 e. The maximum Gasteiger partial charge on any atom is 0.301 e. The third-order valence-electron chi connectivity index (χ3n) is 4.83. The zero-order valence-electron chi connectivity index (χ0n) is 15.5.